The molecule has 1 heterocycles. The molecule has 96 valence electrons. The molecule has 0 unspecified atom stereocenters. The molecular formula is C15H11BrClNO. The second-order valence-corrected chi connectivity index (χ2v) is 5.75. The van der Waals surface area contributed by atoms with Gasteiger partial charge in [-0.1, -0.05) is 29.8 Å². The Morgan fingerprint density at radius 3 is 2.79 bits per heavy atom. The minimum atomic E-state index is 0.00786. The number of halogens is 2. The van der Waals surface area contributed by atoms with Gasteiger partial charge in [-0.15, -0.1) is 0 Å². The maximum absolute atomic E-state index is 12.6. The average molecular weight is 337 g/mol. The molecule has 0 atom stereocenters. The fourth-order valence-electron chi connectivity index (χ4n) is 2.36. The first-order valence-electron chi connectivity index (χ1n) is 6.01. The molecule has 2 aromatic rings. The van der Waals surface area contributed by atoms with Crippen molar-refractivity contribution in [3.05, 3.63) is 63.1 Å². The van der Waals surface area contributed by atoms with E-state index in [-0.39, 0.29) is 5.91 Å². The Balaban J connectivity index is 1.98. The van der Waals surface area contributed by atoms with E-state index in [1.807, 2.05) is 23.1 Å². The topological polar surface area (TPSA) is 20.3 Å². The minimum Gasteiger partial charge on any atom is -0.308 e. The number of carbonyl (C=O) groups is 1. The van der Waals surface area contributed by atoms with Gasteiger partial charge in [-0.05, 0) is 52.2 Å². The lowest BCUT2D eigenvalue weighted by Gasteiger charge is -2.18. The zero-order valence-corrected chi connectivity index (χ0v) is 12.4. The van der Waals surface area contributed by atoms with Crippen molar-refractivity contribution in [2.24, 2.45) is 0 Å². The number of hydrogen-bond donors (Lipinski definition) is 0. The van der Waals surface area contributed by atoms with Crippen LogP contribution in [0.15, 0.2) is 46.9 Å². The molecule has 3 rings (SSSR count). The summed E-state index contributed by atoms with van der Waals surface area (Å²) in [6.07, 6.45) is 0.910. The summed E-state index contributed by atoms with van der Waals surface area (Å²) < 4.78 is 0.731. The molecule has 0 saturated heterocycles. The summed E-state index contributed by atoms with van der Waals surface area (Å²) in [7, 11) is 0. The lowest BCUT2D eigenvalue weighted by molar-refractivity contribution is 0.0988. The van der Waals surface area contributed by atoms with Gasteiger partial charge in [0.05, 0.1) is 5.56 Å². The van der Waals surface area contributed by atoms with Crippen molar-refractivity contribution in [1.82, 2.24) is 0 Å². The maximum Gasteiger partial charge on any atom is 0.259 e. The molecule has 0 fully saturated rings. The van der Waals surface area contributed by atoms with Gasteiger partial charge in [0.2, 0.25) is 0 Å². The minimum absolute atomic E-state index is 0.00786. The third-order valence-electron chi connectivity index (χ3n) is 3.29. The number of hydrogen-bond acceptors (Lipinski definition) is 1. The van der Waals surface area contributed by atoms with Crippen molar-refractivity contribution in [2.75, 3.05) is 11.4 Å². The largest absolute Gasteiger partial charge is 0.308 e. The molecule has 0 saturated carbocycles. The van der Waals surface area contributed by atoms with Crippen LogP contribution < -0.4 is 4.90 Å². The van der Waals surface area contributed by atoms with Gasteiger partial charge >= 0.3 is 0 Å². The van der Waals surface area contributed by atoms with Crippen LogP contribution in [0.1, 0.15) is 15.9 Å². The highest BCUT2D eigenvalue weighted by molar-refractivity contribution is 9.10. The summed E-state index contributed by atoms with van der Waals surface area (Å²) in [5.74, 6) is 0.00786. The van der Waals surface area contributed by atoms with E-state index in [4.69, 9.17) is 11.6 Å². The van der Waals surface area contributed by atoms with Crippen LogP contribution >= 0.6 is 27.5 Å². The predicted molar refractivity (Wildman–Crippen MR) is 81.0 cm³/mol. The molecule has 0 spiro atoms. The van der Waals surface area contributed by atoms with Crippen LogP contribution in [0.2, 0.25) is 5.02 Å². The van der Waals surface area contributed by atoms with E-state index in [1.54, 1.807) is 18.2 Å². The molecular weight excluding hydrogens is 326 g/mol. The van der Waals surface area contributed by atoms with Gasteiger partial charge in [-0.3, -0.25) is 4.79 Å². The zero-order valence-electron chi connectivity index (χ0n) is 10.1. The van der Waals surface area contributed by atoms with Crippen LogP contribution in [0.4, 0.5) is 5.69 Å². The second-order valence-electron chi connectivity index (χ2n) is 4.46. The number of carbonyl (C=O) groups excluding carboxylic acids is 1. The first kappa shape index (κ1) is 12.7. The van der Waals surface area contributed by atoms with Gasteiger partial charge in [-0.25, -0.2) is 0 Å². The first-order chi connectivity index (χ1) is 9.16. The van der Waals surface area contributed by atoms with Crippen LogP contribution in [-0.4, -0.2) is 12.5 Å². The SMILES string of the molecule is O=C(c1ccc(Cl)cc1Br)N1CCc2ccccc21. The van der Waals surface area contributed by atoms with Gasteiger partial charge < -0.3 is 4.90 Å². The van der Waals surface area contributed by atoms with E-state index in [2.05, 4.69) is 22.0 Å². The van der Waals surface area contributed by atoms with E-state index in [0.717, 1.165) is 23.1 Å². The quantitative estimate of drug-likeness (QED) is 0.760. The number of rotatable bonds is 1. The fourth-order valence-corrected chi connectivity index (χ4v) is 3.21. The Hall–Kier alpha value is -1.32. The molecule has 4 heteroatoms. The van der Waals surface area contributed by atoms with Crippen LogP contribution in [0.5, 0.6) is 0 Å². The van der Waals surface area contributed by atoms with Crippen LogP contribution in [0.25, 0.3) is 0 Å². The molecule has 2 aromatic carbocycles. The molecule has 19 heavy (non-hydrogen) atoms. The molecule has 0 bridgehead atoms. The number of para-hydroxylation sites is 1. The van der Waals surface area contributed by atoms with Crippen LogP contribution in [0, 0.1) is 0 Å². The first-order valence-corrected chi connectivity index (χ1v) is 7.19. The summed E-state index contributed by atoms with van der Waals surface area (Å²) in [5, 5.41) is 0.616. The van der Waals surface area contributed by atoms with Crippen molar-refractivity contribution < 1.29 is 4.79 Å². The van der Waals surface area contributed by atoms with E-state index in [0.29, 0.717) is 10.6 Å². The predicted octanol–water partition coefficient (Wildman–Crippen LogP) is 4.31. The standard InChI is InChI=1S/C15H11BrClNO/c16-13-9-11(17)5-6-12(13)15(19)18-8-7-10-3-1-2-4-14(10)18/h1-6,9H,7-8H2. The molecule has 0 aromatic heterocycles. The molecule has 1 aliphatic rings. The number of nitrogens with zero attached hydrogens (tertiary/aromatic N) is 1. The molecule has 0 aliphatic carbocycles. The molecule has 0 radical (unpaired) electrons. The Morgan fingerprint density at radius 2 is 2.00 bits per heavy atom. The maximum atomic E-state index is 12.6. The van der Waals surface area contributed by atoms with Crippen molar-refractivity contribution in [1.29, 1.82) is 0 Å². The normalized spacial score (nSPS) is 13.5. The lowest BCUT2D eigenvalue weighted by atomic mass is 10.1. The van der Waals surface area contributed by atoms with Gasteiger partial charge in [0.1, 0.15) is 0 Å². The monoisotopic (exact) mass is 335 g/mol. The third-order valence-corrected chi connectivity index (χ3v) is 4.19. The number of amides is 1. The van der Waals surface area contributed by atoms with Crippen molar-refractivity contribution in [2.45, 2.75) is 6.42 Å². The lowest BCUT2D eigenvalue weighted by Crippen LogP contribution is -2.29. The highest BCUT2D eigenvalue weighted by atomic mass is 79.9. The summed E-state index contributed by atoms with van der Waals surface area (Å²) in [5.41, 5.74) is 2.87. The van der Waals surface area contributed by atoms with E-state index in [1.165, 1.54) is 5.56 Å². The van der Waals surface area contributed by atoms with E-state index < -0.39 is 0 Å². The van der Waals surface area contributed by atoms with Crippen LogP contribution in [-0.2, 0) is 6.42 Å². The highest BCUT2D eigenvalue weighted by Crippen LogP contribution is 2.31. The highest BCUT2D eigenvalue weighted by Gasteiger charge is 2.26. The Labute approximate surface area is 125 Å². The molecule has 1 aliphatic heterocycles. The number of anilines is 1. The zero-order chi connectivity index (χ0) is 13.4. The third kappa shape index (κ3) is 2.28. The Morgan fingerprint density at radius 1 is 1.21 bits per heavy atom. The van der Waals surface area contributed by atoms with Gasteiger partial charge in [-0.2, -0.15) is 0 Å². The number of benzene rings is 2. The Kier molecular flexibility index (Phi) is 3.33. The summed E-state index contributed by atoms with van der Waals surface area (Å²) in [4.78, 5) is 14.4. The second kappa shape index (κ2) is 4.99. The van der Waals surface area contributed by atoms with E-state index >= 15 is 0 Å². The molecule has 1 amide bonds. The fraction of sp³-hybridized carbons (Fsp3) is 0.133. The van der Waals surface area contributed by atoms with Crippen LogP contribution in [0.3, 0.4) is 0 Å². The van der Waals surface area contributed by atoms with Gasteiger partial charge in [0, 0.05) is 21.7 Å². The Bertz CT molecular complexity index is 656. The average Bonchev–Trinajstić information content (AvgIpc) is 2.82. The van der Waals surface area contributed by atoms with Crippen molar-refractivity contribution in [3.63, 3.8) is 0 Å². The molecule has 2 nitrogen and oxygen atoms in total. The molecule has 0 N–H and O–H groups in total. The summed E-state index contributed by atoms with van der Waals surface area (Å²) in [6, 6.07) is 13.3. The van der Waals surface area contributed by atoms with Gasteiger partial charge in [0.25, 0.3) is 5.91 Å². The summed E-state index contributed by atoms with van der Waals surface area (Å²) in [6.45, 7) is 0.729. The van der Waals surface area contributed by atoms with E-state index in [9.17, 15) is 4.79 Å². The van der Waals surface area contributed by atoms with Crippen molar-refractivity contribution in [3.8, 4) is 0 Å². The van der Waals surface area contributed by atoms with Gasteiger partial charge in [0.15, 0.2) is 0 Å². The van der Waals surface area contributed by atoms with Crippen molar-refractivity contribution >= 4 is 39.1 Å². The number of fused-ring (bicyclic) bond motifs is 1. The summed E-state index contributed by atoms with van der Waals surface area (Å²) >= 11 is 9.31. The smallest absolute Gasteiger partial charge is 0.259 e.